The van der Waals surface area contributed by atoms with Gasteiger partial charge < -0.3 is 21.9 Å². The number of nitrogens with two attached hydrogens (primary N) is 2. The summed E-state index contributed by atoms with van der Waals surface area (Å²) in [4.78, 5) is 19.5. The predicted molar refractivity (Wildman–Crippen MR) is 67.8 cm³/mol. The fourth-order valence-corrected chi connectivity index (χ4v) is 1.57. The maximum atomic E-state index is 11.2. The van der Waals surface area contributed by atoms with Crippen molar-refractivity contribution in [2.75, 3.05) is 11.9 Å². The minimum atomic E-state index is -0.907. The number of nitrogens with zero attached hydrogens (tertiary/aromatic N) is 2. The Hall–Kier alpha value is -1.73. The summed E-state index contributed by atoms with van der Waals surface area (Å²) in [5.41, 5.74) is 11.4. The summed E-state index contributed by atoms with van der Waals surface area (Å²) in [6, 6.07) is 0.808. The van der Waals surface area contributed by atoms with Crippen LogP contribution in [0.1, 0.15) is 18.4 Å². The molecule has 7 nitrogen and oxygen atoms in total. The van der Waals surface area contributed by atoms with E-state index in [4.69, 9.17) is 11.5 Å². The summed E-state index contributed by atoms with van der Waals surface area (Å²) in [5, 5.41) is 12.3. The molecule has 1 rings (SSSR count). The van der Waals surface area contributed by atoms with Crippen molar-refractivity contribution in [2.45, 2.75) is 32.4 Å². The molecule has 6 N–H and O–H groups in total. The van der Waals surface area contributed by atoms with E-state index in [2.05, 4.69) is 15.3 Å². The van der Waals surface area contributed by atoms with Crippen LogP contribution in [0.15, 0.2) is 6.07 Å². The number of carbonyl (C=O) groups excluding carboxylic acids is 1. The van der Waals surface area contributed by atoms with E-state index < -0.39 is 18.1 Å². The highest BCUT2D eigenvalue weighted by molar-refractivity contribution is 5.83. The number of carbonyl (C=O) groups is 1. The van der Waals surface area contributed by atoms with Crippen molar-refractivity contribution in [2.24, 2.45) is 11.5 Å². The SMILES string of the molecule is Cc1nc(CCN)cc(N[C@H](C(N)=O)[C@@H](C)O)n1. The first kappa shape index (κ1) is 14.3. The van der Waals surface area contributed by atoms with Crippen LogP contribution in [-0.4, -0.2) is 39.7 Å². The fraction of sp³-hybridized carbons (Fsp3) is 0.545. The van der Waals surface area contributed by atoms with E-state index >= 15 is 0 Å². The Bertz CT molecular complexity index is 422. The Balaban J connectivity index is 2.91. The quantitative estimate of drug-likeness (QED) is 0.511. The van der Waals surface area contributed by atoms with Gasteiger partial charge in [0.2, 0.25) is 5.91 Å². The third kappa shape index (κ3) is 3.94. The van der Waals surface area contributed by atoms with E-state index in [-0.39, 0.29) is 0 Å². The second-order valence-electron chi connectivity index (χ2n) is 4.10. The molecule has 2 atom stereocenters. The van der Waals surface area contributed by atoms with Gasteiger partial charge in [-0.1, -0.05) is 0 Å². The number of aryl methyl sites for hydroxylation is 1. The Morgan fingerprint density at radius 2 is 2.22 bits per heavy atom. The zero-order valence-electron chi connectivity index (χ0n) is 10.6. The van der Waals surface area contributed by atoms with Gasteiger partial charge in [0.15, 0.2) is 0 Å². The normalized spacial score (nSPS) is 14.0. The molecule has 0 aliphatic carbocycles. The molecule has 100 valence electrons. The van der Waals surface area contributed by atoms with Crippen LogP contribution in [0.5, 0.6) is 0 Å². The second kappa shape index (κ2) is 6.27. The van der Waals surface area contributed by atoms with Crippen molar-refractivity contribution >= 4 is 11.7 Å². The molecule has 0 saturated heterocycles. The molecule has 0 radical (unpaired) electrons. The molecular formula is C11H19N5O2. The lowest BCUT2D eigenvalue weighted by Gasteiger charge is -2.19. The molecule has 0 aromatic carbocycles. The van der Waals surface area contributed by atoms with Gasteiger partial charge in [-0.3, -0.25) is 4.79 Å². The highest BCUT2D eigenvalue weighted by Gasteiger charge is 2.21. The van der Waals surface area contributed by atoms with Crippen molar-refractivity contribution in [3.63, 3.8) is 0 Å². The predicted octanol–water partition coefficient (Wildman–Crippen LogP) is -1.07. The Kier molecular flexibility index (Phi) is 4.99. The molecule has 0 bridgehead atoms. The van der Waals surface area contributed by atoms with Crippen LogP contribution in [0, 0.1) is 6.92 Å². The molecule has 0 saturated carbocycles. The molecule has 18 heavy (non-hydrogen) atoms. The van der Waals surface area contributed by atoms with Crippen molar-refractivity contribution in [1.29, 1.82) is 0 Å². The maximum Gasteiger partial charge on any atom is 0.242 e. The van der Waals surface area contributed by atoms with E-state index in [9.17, 15) is 9.90 Å². The van der Waals surface area contributed by atoms with Gasteiger partial charge in [-0.15, -0.1) is 0 Å². The van der Waals surface area contributed by atoms with Crippen LogP contribution in [0.2, 0.25) is 0 Å². The minimum absolute atomic E-state index is 0.454. The number of anilines is 1. The molecule has 1 amide bonds. The largest absolute Gasteiger partial charge is 0.391 e. The van der Waals surface area contributed by atoms with Gasteiger partial charge in [0.1, 0.15) is 17.7 Å². The molecule has 0 spiro atoms. The fourth-order valence-electron chi connectivity index (χ4n) is 1.57. The van der Waals surface area contributed by atoms with E-state index in [0.717, 1.165) is 5.69 Å². The number of amides is 1. The zero-order chi connectivity index (χ0) is 13.7. The first-order valence-corrected chi connectivity index (χ1v) is 5.72. The van der Waals surface area contributed by atoms with Crippen molar-refractivity contribution < 1.29 is 9.90 Å². The second-order valence-corrected chi connectivity index (χ2v) is 4.10. The van der Waals surface area contributed by atoms with Crippen LogP contribution in [0.25, 0.3) is 0 Å². The molecule has 1 aromatic heterocycles. The molecule has 1 heterocycles. The van der Waals surface area contributed by atoms with E-state index in [1.54, 1.807) is 13.0 Å². The van der Waals surface area contributed by atoms with Crippen molar-refractivity contribution in [3.8, 4) is 0 Å². The van der Waals surface area contributed by atoms with Crippen molar-refractivity contribution in [1.82, 2.24) is 9.97 Å². The maximum absolute atomic E-state index is 11.2. The zero-order valence-corrected chi connectivity index (χ0v) is 10.6. The van der Waals surface area contributed by atoms with E-state index in [1.807, 2.05) is 0 Å². The monoisotopic (exact) mass is 253 g/mol. The van der Waals surface area contributed by atoms with Gasteiger partial charge in [-0.05, 0) is 20.4 Å². The topological polar surface area (TPSA) is 127 Å². The average Bonchev–Trinajstić information content (AvgIpc) is 2.24. The first-order chi connectivity index (χ1) is 8.43. The Morgan fingerprint density at radius 1 is 1.56 bits per heavy atom. The third-order valence-electron chi connectivity index (χ3n) is 2.38. The summed E-state index contributed by atoms with van der Waals surface area (Å²) >= 11 is 0. The third-order valence-corrected chi connectivity index (χ3v) is 2.38. The van der Waals surface area contributed by atoms with Gasteiger partial charge in [0, 0.05) is 18.2 Å². The van der Waals surface area contributed by atoms with Crippen LogP contribution >= 0.6 is 0 Å². The minimum Gasteiger partial charge on any atom is -0.391 e. The number of aliphatic hydroxyl groups is 1. The smallest absolute Gasteiger partial charge is 0.242 e. The van der Waals surface area contributed by atoms with Crippen LogP contribution < -0.4 is 16.8 Å². The van der Waals surface area contributed by atoms with Gasteiger partial charge in [0.05, 0.1) is 6.10 Å². The number of nitrogens with one attached hydrogen (secondary N) is 1. The molecule has 0 fully saturated rings. The van der Waals surface area contributed by atoms with Crippen LogP contribution in [0.4, 0.5) is 5.82 Å². The number of hydrogen-bond donors (Lipinski definition) is 4. The Morgan fingerprint density at radius 3 is 2.72 bits per heavy atom. The lowest BCUT2D eigenvalue weighted by Crippen LogP contribution is -2.43. The number of primary amides is 1. The molecular weight excluding hydrogens is 234 g/mol. The van der Waals surface area contributed by atoms with Gasteiger partial charge in [-0.2, -0.15) is 0 Å². The number of aromatic nitrogens is 2. The summed E-state index contributed by atoms with van der Waals surface area (Å²) < 4.78 is 0. The standard InChI is InChI=1S/C11H19N5O2/c1-6(17)10(11(13)18)16-9-5-8(3-4-12)14-7(2)15-9/h5-6,10,17H,3-4,12H2,1-2H3,(H2,13,18)(H,14,15,16)/t6-,10+/m1/s1. The highest BCUT2D eigenvalue weighted by Crippen LogP contribution is 2.10. The molecule has 0 aliphatic heterocycles. The molecule has 7 heteroatoms. The summed E-state index contributed by atoms with van der Waals surface area (Å²) in [6.07, 6.45) is -0.288. The van der Waals surface area contributed by atoms with E-state index in [0.29, 0.717) is 24.6 Å². The lowest BCUT2D eigenvalue weighted by molar-refractivity contribution is -0.120. The first-order valence-electron chi connectivity index (χ1n) is 5.72. The van der Waals surface area contributed by atoms with Crippen LogP contribution in [0.3, 0.4) is 0 Å². The Labute approximate surface area is 106 Å². The van der Waals surface area contributed by atoms with E-state index in [1.165, 1.54) is 6.92 Å². The van der Waals surface area contributed by atoms with Gasteiger partial charge >= 0.3 is 0 Å². The molecule has 0 unspecified atom stereocenters. The van der Waals surface area contributed by atoms with Crippen LogP contribution in [-0.2, 0) is 11.2 Å². The van der Waals surface area contributed by atoms with Crippen molar-refractivity contribution in [3.05, 3.63) is 17.6 Å². The average molecular weight is 253 g/mol. The number of aliphatic hydroxyl groups excluding tert-OH is 1. The summed E-state index contributed by atoms with van der Waals surface area (Å²) in [7, 11) is 0. The summed E-state index contributed by atoms with van der Waals surface area (Å²) in [6.45, 7) is 3.70. The van der Waals surface area contributed by atoms with Gasteiger partial charge in [0.25, 0.3) is 0 Å². The lowest BCUT2D eigenvalue weighted by atomic mass is 10.1. The number of rotatable bonds is 6. The van der Waals surface area contributed by atoms with Gasteiger partial charge in [-0.25, -0.2) is 9.97 Å². The molecule has 0 aliphatic rings. The number of hydrogen-bond acceptors (Lipinski definition) is 6. The highest BCUT2D eigenvalue weighted by atomic mass is 16.3. The molecule has 1 aromatic rings. The summed E-state index contributed by atoms with van der Waals surface area (Å²) in [5.74, 6) is 0.384.